The lowest BCUT2D eigenvalue weighted by molar-refractivity contribution is -0.150. The number of nitrogens with zero attached hydrogens (tertiary/aromatic N) is 6. The van der Waals surface area contributed by atoms with Crippen LogP contribution >= 0.6 is 11.8 Å². The van der Waals surface area contributed by atoms with Crippen LogP contribution in [0.5, 0.6) is 5.75 Å². The number of carboxylic acid groups (broad SMARTS) is 1. The van der Waals surface area contributed by atoms with Crippen molar-refractivity contribution in [2.75, 3.05) is 65.4 Å². The molecule has 130 heavy (non-hydrogen) atoms. The standard InChI is InChI=1S/C89H121N19O21S/c1-8-10-21-69-82(122)96-49(3)77(117)103-68(79(119)95-44-74(91)113)47-130-48-75(114)97-66(35-51-24-26-56(110)27-25-51)86(126)104(5)50(4)78(118)98-62(28-29-76(115)116)87(127)107-34-16-23-70(107)83(123)100-64(36-52-31-33-92-41-52)80(120)99-63(30-32-90)88(128)108-45-57(111)40-72(108)84(124)101-65(38-55-43-94-61-20-15-13-18-59(55)61)81(121)102-67(46-109)73(112)39-53(37-54-42-93-60-19-14-12-17-58(54)60)85(125)106(7)71(22-11-9-2)89(129)105(69)6/h12-15,17-20,24-27,33,41-43,49-50,53,57,62-72,93-94,109-111H,8-11,16,21-23,28-32,34-40,44-48,90H2,1-7H3,(H2,91,113)(H,95,119)(H,96,122)(H,97,114)(H,98,118)(H,99,120)(H,100,123)(H,101,124)(H,102,121)(H,103,117)(H,115,116)/t49-,50-,53+,57+,62-,63-,64-,65-,66-,67-,68-,69-,70-,71-,72-/m0/s1. The van der Waals surface area contributed by atoms with Crippen molar-refractivity contribution in [1.29, 1.82) is 0 Å². The number of nitrogens with one attached hydrogen (secondary N) is 11. The van der Waals surface area contributed by atoms with Crippen molar-refractivity contribution in [2.45, 2.75) is 228 Å². The number of benzene rings is 3. The van der Waals surface area contributed by atoms with Crippen LogP contribution < -0.4 is 59.3 Å². The second-order valence-corrected chi connectivity index (χ2v) is 34.5. The highest BCUT2D eigenvalue weighted by molar-refractivity contribution is 8.00. The molecule has 9 rings (SSSR count). The largest absolute Gasteiger partial charge is 0.508 e. The SMILES string of the molecule is CCCC[C@H]1C(=O)N(C)[C@@H](CCCC)C(=O)N[C@@H](C)C(=O)N[C@H](C(=O)NCC(N)=O)CSCC(=O)N[C@@H](Cc2ccc(O)cc2)C(=O)N(C)[C@@H](C)C(=O)N[C@@H](CCC(=O)O)C(=O)N2CCC[C@H]2C(=O)N[C@@H](CC2=CN=CC2)C(=O)N[C@@H](CCN)C(=O)N2C[C@H](O)C[C@H]2C(=O)N[C@@H](Cc2c[nH]c3ccccc23)C(=O)N[C@@H](CO)C(=O)C[C@@H](Cc2c[nH]c3ccccc23)C(=O)N1C. The summed E-state index contributed by atoms with van der Waals surface area (Å²) in [6.07, 6.45) is 3.78. The first-order chi connectivity index (χ1) is 62.0. The number of unbranched alkanes of at least 4 members (excludes halogenated alkanes) is 2. The van der Waals surface area contributed by atoms with Crippen LogP contribution in [0.1, 0.15) is 141 Å². The van der Waals surface area contributed by atoms with Crippen LogP contribution in [0.3, 0.4) is 0 Å². The first kappa shape index (κ1) is 101. The molecule has 3 fully saturated rings. The summed E-state index contributed by atoms with van der Waals surface area (Å²) in [6.45, 7) is 3.74. The summed E-state index contributed by atoms with van der Waals surface area (Å²) in [4.78, 5) is 263. The summed E-state index contributed by atoms with van der Waals surface area (Å²) < 4.78 is 0. The third kappa shape index (κ3) is 27.2. The molecule has 0 saturated carbocycles. The van der Waals surface area contributed by atoms with Gasteiger partial charge in [-0.05, 0) is 118 Å². The average molecular weight is 1830 g/mol. The van der Waals surface area contributed by atoms with Crippen LogP contribution in [0.2, 0.25) is 0 Å². The number of likely N-dealkylation sites (N-methyl/N-ethyl adjacent to an activating group) is 3. The number of ketones is 1. The number of aliphatic imine (C=N–C) groups is 1. The molecule has 3 saturated heterocycles. The predicted octanol–water partition coefficient (Wildman–Crippen LogP) is -1.01. The molecule has 5 aromatic rings. The van der Waals surface area contributed by atoms with Gasteiger partial charge in [0.05, 0.1) is 25.0 Å². The smallest absolute Gasteiger partial charge is 0.303 e. The molecule has 40 nitrogen and oxygen atoms in total. The lowest BCUT2D eigenvalue weighted by atomic mass is 9.90. The fourth-order valence-corrected chi connectivity index (χ4v) is 17.3. The third-order valence-corrected chi connectivity index (χ3v) is 25.0. The zero-order valence-corrected chi connectivity index (χ0v) is 74.9. The number of aromatic hydroxyl groups is 1. The van der Waals surface area contributed by atoms with Crippen molar-refractivity contribution in [2.24, 2.45) is 22.4 Å². The monoisotopic (exact) mass is 1820 g/mol. The zero-order valence-electron chi connectivity index (χ0n) is 74.1. The quantitative estimate of drug-likeness (QED) is 0.0373. The number of nitrogens with two attached hydrogens (primary N) is 2. The maximum atomic E-state index is 15.7. The molecule has 0 unspecified atom stereocenters. The van der Waals surface area contributed by atoms with Crippen LogP contribution in [0, 0.1) is 5.92 Å². The number of aliphatic carboxylic acids is 1. The molecule has 15 atom stereocenters. The van der Waals surface area contributed by atoms with Crippen molar-refractivity contribution in [3.05, 3.63) is 114 Å². The molecule has 41 heteroatoms. The van der Waals surface area contributed by atoms with Gasteiger partial charge in [0, 0.05) is 131 Å². The number of thioether (sulfide) groups is 1. The number of Topliss-reactive ketones (excluding diaryl/α,β-unsaturated/α-hetero) is 1. The van der Waals surface area contributed by atoms with Gasteiger partial charge in [-0.15, -0.1) is 11.8 Å². The molecule has 3 aromatic carbocycles. The van der Waals surface area contributed by atoms with Gasteiger partial charge in [-0.2, -0.15) is 0 Å². The molecule has 0 bridgehead atoms. The number of phenolic OH excluding ortho intramolecular Hbond substituents is 1. The van der Waals surface area contributed by atoms with Gasteiger partial charge in [0.1, 0.15) is 84.3 Å². The highest BCUT2D eigenvalue weighted by Crippen LogP contribution is 2.30. The summed E-state index contributed by atoms with van der Waals surface area (Å²) in [5, 5.41) is 67.6. The van der Waals surface area contributed by atoms with Crippen LogP contribution in [0.25, 0.3) is 21.8 Å². The maximum absolute atomic E-state index is 15.7. The Kier molecular flexibility index (Phi) is 37.4. The summed E-state index contributed by atoms with van der Waals surface area (Å²) in [5.41, 5.74) is 14.9. The molecule has 2 aromatic heterocycles. The lowest BCUT2D eigenvalue weighted by Crippen LogP contribution is -2.60. The number of hydrogen-bond donors (Lipinski definition) is 17. The molecule has 4 aliphatic rings. The Morgan fingerprint density at radius 1 is 0.585 bits per heavy atom. The molecule has 0 aliphatic carbocycles. The molecule has 6 heterocycles. The molecule has 0 spiro atoms. The van der Waals surface area contributed by atoms with E-state index in [9.17, 15) is 73.2 Å². The number of rotatable bonds is 23. The van der Waals surface area contributed by atoms with Crippen molar-refractivity contribution in [3.8, 4) is 5.75 Å². The summed E-state index contributed by atoms with van der Waals surface area (Å²) in [5.74, 6) is -18.1. The van der Waals surface area contributed by atoms with E-state index < -0.39 is 248 Å². The molecule has 0 radical (unpaired) electrons. The van der Waals surface area contributed by atoms with Crippen LogP contribution in [-0.4, -0.2) is 312 Å². The Hall–Kier alpha value is -12.6. The molecule has 704 valence electrons. The van der Waals surface area contributed by atoms with E-state index in [-0.39, 0.29) is 83.0 Å². The molecule has 15 amide bonds. The Bertz CT molecular complexity index is 5000. The van der Waals surface area contributed by atoms with E-state index in [0.717, 1.165) is 26.5 Å². The average Bonchev–Trinajstić information content (AvgIpc) is 1.62. The van der Waals surface area contributed by atoms with Gasteiger partial charge in [-0.25, -0.2) is 0 Å². The number of amides is 15. The fraction of sp³-hybridized carbons (Fsp3) is 0.528. The molecular weight excluding hydrogens is 1700 g/mol. The van der Waals surface area contributed by atoms with Crippen molar-refractivity contribution < 1.29 is 102 Å². The molecule has 19 N–H and O–H groups in total. The maximum Gasteiger partial charge on any atom is 0.303 e. The topological polar surface area (TPSA) is 592 Å². The molecule has 4 aliphatic heterocycles. The summed E-state index contributed by atoms with van der Waals surface area (Å²) in [7, 11) is 3.98. The van der Waals surface area contributed by atoms with Gasteiger partial charge >= 0.3 is 5.97 Å². The number of carbonyl (C=O) groups is 17. The highest BCUT2D eigenvalue weighted by atomic mass is 32.2. The number of carbonyl (C=O) groups excluding carboxylic acids is 16. The predicted molar refractivity (Wildman–Crippen MR) is 478 cm³/mol. The summed E-state index contributed by atoms with van der Waals surface area (Å²) in [6, 6.07) is 0.128. The number of H-pyrrole nitrogens is 2. The van der Waals surface area contributed by atoms with Crippen LogP contribution in [-0.2, 0) is 101 Å². The van der Waals surface area contributed by atoms with Crippen LogP contribution in [0.4, 0.5) is 0 Å². The van der Waals surface area contributed by atoms with E-state index in [1.54, 1.807) is 67.1 Å². The summed E-state index contributed by atoms with van der Waals surface area (Å²) >= 11 is 0.783. The Balaban J connectivity index is 1.07. The minimum absolute atomic E-state index is 0.00320. The second-order valence-electron chi connectivity index (χ2n) is 33.4. The zero-order chi connectivity index (χ0) is 94.7. The van der Waals surface area contributed by atoms with E-state index in [0.29, 0.717) is 69.8 Å². The number of hydrogen-bond acceptors (Lipinski definition) is 23. The minimum atomic E-state index is -1.77. The number of aromatic nitrogens is 2. The van der Waals surface area contributed by atoms with Crippen LogP contribution in [0.15, 0.2) is 102 Å². The van der Waals surface area contributed by atoms with Gasteiger partial charge < -0.3 is 114 Å². The Labute approximate surface area is 755 Å². The normalized spacial score (nSPS) is 25.8. The molecular formula is C89H121N19O21S. The number of carboxylic acids is 1. The van der Waals surface area contributed by atoms with Gasteiger partial charge in [-0.3, -0.25) is 86.5 Å². The van der Waals surface area contributed by atoms with Gasteiger partial charge in [0.15, 0.2) is 5.78 Å². The Morgan fingerprint density at radius 3 is 1.77 bits per heavy atom. The number of aromatic amines is 2. The third-order valence-electron chi connectivity index (χ3n) is 23.9. The van der Waals surface area contributed by atoms with Crippen molar-refractivity contribution in [3.63, 3.8) is 0 Å². The first-order valence-electron chi connectivity index (χ1n) is 43.8. The number of fused-ring (bicyclic) bond motifs is 4. The first-order valence-corrected chi connectivity index (χ1v) is 45.0. The van der Waals surface area contributed by atoms with Crippen molar-refractivity contribution in [1.82, 2.24) is 82.3 Å². The number of para-hydroxylation sites is 2. The minimum Gasteiger partial charge on any atom is -0.508 e. The van der Waals surface area contributed by atoms with E-state index in [2.05, 4.69) is 62.8 Å². The van der Waals surface area contributed by atoms with Crippen molar-refractivity contribution >= 4 is 140 Å². The van der Waals surface area contributed by atoms with E-state index in [1.165, 1.54) is 75.3 Å². The highest BCUT2D eigenvalue weighted by Gasteiger charge is 2.47. The number of aliphatic hydroxyl groups is 2. The van der Waals surface area contributed by atoms with Gasteiger partial charge in [0.2, 0.25) is 88.6 Å². The fourth-order valence-electron chi connectivity index (χ4n) is 16.4. The number of aliphatic hydroxyl groups excluding tert-OH is 2. The Morgan fingerprint density at radius 2 is 1.16 bits per heavy atom. The van der Waals surface area contributed by atoms with E-state index >= 15 is 28.8 Å². The van der Waals surface area contributed by atoms with E-state index in [4.69, 9.17) is 11.5 Å². The lowest BCUT2D eigenvalue weighted by Gasteiger charge is -2.36. The van der Waals surface area contributed by atoms with E-state index in [1.807, 2.05) is 13.8 Å². The second kappa shape index (κ2) is 48.1. The van der Waals surface area contributed by atoms with Gasteiger partial charge in [0.25, 0.3) is 0 Å². The number of primary amides is 1. The van der Waals surface area contributed by atoms with Gasteiger partial charge in [-0.1, -0.05) is 88.1 Å². The number of phenols is 1.